The molecule has 0 aliphatic carbocycles. The molecule has 0 aromatic rings. The van der Waals surface area contributed by atoms with E-state index in [9.17, 15) is 9.90 Å². The lowest BCUT2D eigenvalue weighted by molar-refractivity contribution is -0.174. The van der Waals surface area contributed by atoms with E-state index in [0.717, 1.165) is 0 Å². The first-order valence-corrected chi connectivity index (χ1v) is 6.41. The van der Waals surface area contributed by atoms with Gasteiger partial charge in [0.15, 0.2) is 11.9 Å². The lowest BCUT2D eigenvalue weighted by Gasteiger charge is -2.27. The van der Waals surface area contributed by atoms with Crippen molar-refractivity contribution in [3.05, 3.63) is 12.7 Å². The average Bonchev–Trinajstić information content (AvgIpc) is 2.57. The Bertz CT molecular complexity index is 342. The number of esters is 1. The maximum absolute atomic E-state index is 11.9. The van der Waals surface area contributed by atoms with Gasteiger partial charge in [0, 0.05) is 5.92 Å². The number of carbonyl (C=O) groups is 1. The van der Waals surface area contributed by atoms with E-state index in [1.807, 2.05) is 0 Å². The zero-order valence-corrected chi connectivity index (χ0v) is 12.3. The van der Waals surface area contributed by atoms with Crippen LogP contribution in [0.1, 0.15) is 34.6 Å². The second-order valence-corrected chi connectivity index (χ2v) is 6.16. The number of rotatable bonds is 4. The van der Waals surface area contributed by atoms with Crippen LogP contribution >= 0.6 is 0 Å². The molecular formula is C14H24O5. The molecule has 5 heteroatoms. The molecular weight excluding hydrogens is 248 g/mol. The Morgan fingerprint density at radius 2 is 2.11 bits per heavy atom. The first kappa shape index (κ1) is 16.1. The van der Waals surface area contributed by atoms with Crippen molar-refractivity contribution >= 4 is 5.97 Å². The van der Waals surface area contributed by atoms with Gasteiger partial charge >= 0.3 is 5.97 Å². The van der Waals surface area contributed by atoms with Crippen LogP contribution in [0.4, 0.5) is 0 Å². The third-order valence-corrected chi connectivity index (χ3v) is 2.74. The third kappa shape index (κ3) is 4.60. The van der Waals surface area contributed by atoms with E-state index in [0.29, 0.717) is 6.61 Å². The van der Waals surface area contributed by atoms with Gasteiger partial charge in [-0.05, 0) is 34.6 Å². The predicted octanol–water partition coefficient (Wildman–Crippen LogP) is 1.64. The van der Waals surface area contributed by atoms with Crippen LogP contribution in [0.25, 0.3) is 0 Å². The second-order valence-electron chi connectivity index (χ2n) is 6.16. The van der Waals surface area contributed by atoms with E-state index >= 15 is 0 Å². The van der Waals surface area contributed by atoms with Crippen molar-refractivity contribution in [1.82, 2.24) is 0 Å². The minimum absolute atomic E-state index is 0.309. The monoisotopic (exact) mass is 272 g/mol. The number of hydrogen-bond acceptors (Lipinski definition) is 5. The van der Waals surface area contributed by atoms with E-state index in [4.69, 9.17) is 14.2 Å². The normalized spacial score (nSPS) is 25.7. The fourth-order valence-electron chi connectivity index (χ4n) is 1.91. The maximum atomic E-state index is 11.9. The first-order valence-electron chi connectivity index (χ1n) is 6.41. The zero-order valence-electron chi connectivity index (χ0n) is 12.3. The summed E-state index contributed by atoms with van der Waals surface area (Å²) in [7, 11) is 0. The van der Waals surface area contributed by atoms with Crippen LogP contribution in [0.5, 0.6) is 0 Å². The molecule has 0 radical (unpaired) electrons. The van der Waals surface area contributed by atoms with Crippen LogP contribution < -0.4 is 0 Å². The van der Waals surface area contributed by atoms with E-state index in [1.54, 1.807) is 34.6 Å². The molecule has 1 rings (SSSR count). The third-order valence-electron chi connectivity index (χ3n) is 2.74. The molecule has 110 valence electrons. The van der Waals surface area contributed by atoms with Crippen molar-refractivity contribution in [1.29, 1.82) is 0 Å². The number of ether oxygens (including phenoxy) is 3. The Morgan fingerprint density at radius 1 is 1.53 bits per heavy atom. The van der Waals surface area contributed by atoms with Crippen molar-refractivity contribution in [2.24, 2.45) is 5.92 Å². The maximum Gasteiger partial charge on any atom is 0.336 e. The summed E-state index contributed by atoms with van der Waals surface area (Å²) in [5, 5.41) is 10.1. The summed E-state index contributed by atoms with van der Waals surface area (Å²) < 4.78 is 16.2. The van der Waals surface area contributed by atoms with Gasteiger partial charge in [0.1, 0.15) is 5.60 Å². The Hall–Kier alpha value is -0.910. The van der Waals surface area contributed by atoms with Crippen LogP contribution in [0.2, 0.25) is 0 Å². The number of carbonyl (C=O) groups excluding carboxylic acids is 1. The number of hydrogen-bond donors (Lipinski definition) is 1. The smallest absolute Gasteiger partial charge is 0.336 e. The zero-order chi connectivity index (χ0) is 14.8. The SMILES string of the molecule is C=C[C@H](C(O)C(=O)OC(C)(C)C)[C@H]1COC(C)(C)O1. The molecule has 5 nitrogen and oxygen atoms in total. The Labute approximate surface area is 114 Å². The van der Waals surface area contributed by atoms with Crippen LogP contribution in [0, 0.1) is 5.92 Å². The predicted molar refractivity (Wildman–Crippen MR) is 70.4 cm³/mol. The minimum atomic E-state index is -1.31. The van der Waals surface area contributed by atoms with Gasteiger partial charge in [0.2, 0.25) is 0 Å². The summed E-state index contributed by atoms with van der Waals surface area (Å²) in [5.74, 6) is -1.94. The Balaban J connectivity index is 2.70. The van der Waals surface area contributed by atoms with Crippen molar-refractivity contribution in [3.63, 3.8) is 0 Å². The number of aliphatic hydroxyl groups is 1. The molecule has 0 bridgehead atoms. The highest BCUT2D eigenvalue weighted by atomic mass is 16.7. The highest BCUT2D eigenvalue weighted by Gasteiger charge is 2.41. The summed E-state index contributed by atoms with van der Waals surface area (Å²) in [6.07, 6.45) is -0.210. The van der Waals surface area contributed by atoms with Gasteiger partial charge in [-0.3, -0.25) is 0 Å². The molecule has 1 unspecified atom stereocenters. The topological polar surface area (TPSA) is 65.0 Å². The van der Waals surface area contributed by atoms with Gasteiger partial charge in [-0.15, -0.1) is 6.58 Å². The molecule has 0 spiro atoms. The van der Waals surface area contributed by atoms with Crippen LogP contribution in [0.3, 0.4) is 0 Å². The molecule has 0 aromatic carbocycles. The molecule has 0 saturated carbocycles. The van der Waals surface area contributed by atoms with Crippen molar-refractivity contribution in [2.45, 2.75) is 58.2 Å². The van der Waals surface area contributed by atoms with Gasteiger partial charge in [-0.1, -0.05) is 6.08 Å². The van der Waals surface area contributed by atoms with Crippen LogP contribution in [0.15, 0.2) is 12.7 Å². The van der Waals surface area contributed by atoms with Gasteiger partial charge < -0.3 is 19.3 Å². The highest BCUT2D eigenvalue weighted by Crippen LogP contribution is 2.29. The first-order chi connectivity index (χ1) is 8.56. The largest absolute Gasteiger partial charge is 0.458 e. The quantitative estimate of drug-likeness (QED) is 0.622. The molecule has 1 aliphatic heterocycles. The lowest BCUT2D eigenvalue weighted by Crippen LogP contribution is -2.41. The van der Waals surface area contributed by atoms with E-state index < -0.39 is 35.5 Å². The molecule has 3 atom stereocenters. The standard InChI is InChI=1S/C14H24O5/c1-7-9(10-8-17-14(5,6)18-10)11(15)12(16)19-13(2,3)4/h7,9-11,15H,1,8H2,2-6H3/t9-,10+,11?/m0/s1. The van der Waals surface area contributed by atoms with Crippen LogP contribution in [-0.2, 0) is 19.0 Å². The average molecular weight is 272 g/mol. The molecule has 1 fully saturated rings. The Morgan fingerprint density at radius 3 is 2.47 bits per heavy atom. The van der Waals surface area contributed by atoms with Gasteiger partial charge in [-0.2, -0.15) is 0 Å². The number of aliphatic hydroxyl groups excluding tert-OH is 1. The van der Waals surface area contributed by atoms with E-state index in [2.05, 4.69) is 6.58 Å². The molecule has 1 aliphatic rings. The minimum Gasteiger partial charge on any atom is -0.458 e. The Kier molecular flexibility index (Phi) is 4.76. The summed E-state index contributed by atoms with van der Waals surface area (Å²) in [4.78, 5) is 11.9. The summed E-state index contributed by atoms with van der Waals surface area (Å²) in [6.45, 7) is 12.8. The second kappa shape index (κ2) is 5.61. The van der Waals surface area contributed by atoms with Crippen molar-refractivity contribution in [2.75, 3.05) is 6.61 Å². The highest BCUT2D eigenvalue weighted by molar-refractivity contribution is 5.75. The molecule has 1 saturated heterocycles. The fourth-order valence-corrected chi connectivity index (χ4v) is 1.91. The summed E-state index contributed by atoms with van der Waals surface area (Å²) >= 11 is 0. The molecule has 0 amide bonds. The van der Waals surface area contributed by atoms with Gasteiger partial charge in [0.05, 0.1) is 12.7 Å². The summed E-state index contributed by atoms with van der Waals surface area (Å²) in [5.41, 5.74) is -0.643. The van der Waals surface area contributed by atoms with Gasteiger partial charge in [-0.25, -0.2) is 4.79 Å². The summed E-state index contributed by atoms with van der Waals surface area (Å²) in [6, 6.07) is 0. The van der Waals surface area contributed by atoms with E-state index in [1.165, 1.54) is 6.08 Å². The fraction of sp³-hybridized carbons (Fsp3) is 0.786. The molecule has 1 N–H and O–H groups in total. The van der Waals surface area contributed by atoms with Crippen molar-refractivity contribution in [3.8, 4) is 0 Å². The van der Waals surface area contributed by atoms with Crippen LogP contribution in [-0.4, -0.2) is 41.3 Å². The van der Waals surface area contributed by atoms with Gasteiger partial charge in [0.25, 0.3) is 0 Å². The lowest BCUT2D eigenvalue weighted by atomic mass is 9.96. The molecule has 1 heterocycles. The van der Waals surface area contributed by atoms with E-state index in [-0.39, 0.29) is 0 Å². The molecule has 19 heavy (non-hydrogen) atoms. The molecule has 0 aromatic heterocycles. The van der Waals surface area contributed by atoms with Crippen molar-refractivity contribution < 1.29 is 24.1 Å².